The minimum atomic E-state index is -4.14. The second-order valence-corrected chi connectivity index (χ2v) is 5.65. The third-order valence-electron chi connectivity index (χ3n) is 2.73. The van der Waals surface area contributed by atoms with Gasteiger partial charge >= 0.3 is 5.51 Å². The van der Waals surface area contributed by atoms with Gasteiger partial charge in [-0.1, -0.05) is 13.8 Å². The van der Waals surface area contributed by atoms with Crippen molar-refractivity contribution in [1.82, 2.24) is 9.88 Å². The summed E-state index contributed by atoms with van der Waals surface area (Å²) in [6.07, 6.45) is 3.75. The molecular formula is C12H19F3N2S. The number of aryl methyl sites for hydroxylation is 1. The van der Waals surface area contributed by atoms with E-state index < -0.39 is 5.51 Å². The number of hydrogen-bond acceptors (Lipinski definition) is 2. The fourth-order valence-electron chi connectivity index (χ4n) is 1.93. The van der Waals surface area contributed by atoms with Gasteiger partial charge in [-0.15, -0.1) is 0 Å². The van der Waals surface area contributed by atoms with E-state index in [4.69, 9.17) is 0 Å². The molecule has 1 atom stereocenters. The molecule has 0 spiro atoms. The van der Waals surface area contributed by atoms with Crippen LogP contribution in [-0.2, 0) is 6.54 Å². The van der Waals surface area contributed by atoms with Crippen LogP contribution in [-0.4, -0.2) is 22.9 Å². The summed E-state index contributed by atoms with van der Waals surface area (Å²) in [5.41, 5.74) is -3.02. The number of halogens is 3. The molecule has 6 heteroatoms. The molecule has 104 valence electrons. The van der Waals surface area contributed by atoms with Gasteiger partial charge in [-0.25, -0.2) is 0 Å². The first-order valence-electron chi connectivity index (χ1n) is 5.87. The summed E-state index contributed by atoms with van der Waals surface area (Å²) in [6, 6.07) is 2.20. The summed E-state index contributed by atoms with van der Waals surface area (Å²) in [5, 5.41) is 3.21. The van der Waals surface area contributed by atoms with E-state index in [1.807, 2.05) is 25.5 Å². The molecule has 1 aromatic rings. The van der Waals surface area contributed by atoms with Gasteiger partial charge in [-0.3, -0.25) is 0 Å². The van der Waals surface area contributed by atoms with Crippen molar-refractivity contribution >= 4 is 11.8 Å². The van der Waals surface area contributed by atoms with Crippen LogP contribution < -0.4 is 5.32 Å². The fraction of sp³-hybridized carbons (Fsp3) is 0.667. The van der Waals surface area contributed by atoms with Crippen molar-refractivity contribution in [1.29, 1.82) is 0 Å². The Balaban J connectivity index is 2.53. The number of hydrogen-bond donors (Lipinski definition) is 1. The highest BCUT2D eigenvalue weighted by molar-refractivity contribution is 8.00. The van der Waals surface area contributed by atoms with Gasteiger partial charge in [-0.05, 0) is 36.4 Å². The van der Waals surface area contributed by atoms with Crippen LogP contribution in [0, 0.1) is 5.92 Å². The molecule has 0 aliphatic heterocycles. The Kier molecular flexibility index (Phi) is 5.59. The van der Waals surface area contributed by atoms with Gasteiger partial charge in [0.15, 0.2) is 0 Å². The average molecular weight is 280 g/mol. The quantitative estimate of drug-likeness (QED) is 0.856. The maximum Gasteiger partial charge on any atom is 0.441 e. The summed E-state index contributed by atoms with van der Waals surface area (Å²) < 4.78 is 37.8. The molecule has 2 nitrogen and oxygen atoms in total. The number of aromatic nitrogens is 1. The second-order valence-electron chi connectivity index (χ2n) is 4.49. The number of nitrogens with zero attached hydrogens (tertiary/aromatic N) is 1. The van der Waals surface area contributed by atoms with Crippen molar-refractivity contribution in [3.8, 4) is 0 Å². The zero-order chi connectivity index (χ0) is 13.8. The molecule has 0 fully saturated rings. The largest absolute Gasteiger partial charge is 0.441 e. The van der Waals surface area contributed by atoms with Crippen LogP contribution in [0.4, 0.5) is 13.2 Å². The number of nitrogens with one attached hydrogen (secondary N) is 1. The third kappa shape index (κ3) is 4.94. The molecule has 1 rings (SSSR count). The zero-order valence-corrected chi connectivity index (χ0v) is 11.6. The first-order chi connectivity index (χ1) is 8.33. The summed E-state index contributed by atoms with van der Waals surface area (Å²) in [6.45, 7) is 4.59. The molecule has 18 heavy (non-hydrogen) atoms. The maximum absolute atomic E-state index is 12.0. The standard InChI is InChI=1S/C12H19F3N2S/c1-9(2)11(16-3)10-4-5-17(8-10)6-7-18-12(13,14)15/h4-5,8-9,11,16H,6-7H2,1-3H3. The Hall–Kier alpha value is -0.620. The van der Waals surface area contributed by atoms with Crippen molar-refractivity contribution in [3.63, 3.8) is 0 Å². The van der Waals surface area contributed by atoms with Crippen LogP contribution in [0.3, 0.4) is 0 Å². The SMILES string of the molecule is CNC(c1ccn(CCSC(F)(F)F)c1)C(C)C. The van der Waals surface area contributed by atoms with E-state index in [1.54, 1.807) is 4.57 Å². The van der Waals surface area contributed by atoms with E-state index in [-0.39, 0.29) is 23.6 Å². The van der Waals surface area contributed by atoms with E-state index in [9.17, 15) is 13.2 Å². The molecule has 0 radical (unpaired) electrons. The molecule has 0 aliphatic carbocycles. The smallest absolute Gasteiger partial charge is 0.353 e. The number of rotatable bonds is 6. The highest BCUT2D eigenvalue weighted by Gasteiger charge is 2.27. The van der Waals surface area contributed by atoms with Crippen molar-refractivity contribution in [3.05, 3.63) is 24.0 Å². The molecule has 1 N–H and O–H groups in total. The highest BCUT2D eigenvalue weighted by Crippen LogP contribution is 2.30. The molecule has 1 aromatic heterocycles. The summed E-state index contributed by atoms with van der Waals surface area (Å²) in [5.74, 6) is 0.485. The molecule has 0 amide bonds. The Labute approximate surface area is 110 Å². The van der Waals surface area contributed by atoms with Crippen molar-refractivity contribution < 1.29 is 13.2 Å². The van der Waals surface area contributed by atoms with E-state index in [2.05, 4.69) is 19.2 Å². The van der Waals surface area contributed by atoms with Gasteiger partial charge < -0.3 is 9.88 Å². The summed E-state index contributed by atoms with van der Waals surface area (Å²) >= 11 is 0.0217. The Morgan fingerprint density at radius 3 is 2.56 bits per heavy atom. The lowest BCUT2D eigenvalue weighted by atomic mass is 9.99. The van der Waals surface area contributed by atoms with Gasteiger partial charge in [0.1, 0.15) is 0 Å². The van der Waals surface area contributed by atoms with Crippen LogP contribution in [0.15, 0.2) is 18.5 Å². The predicted octanol–water partition coefficient (Wildman–Crippen LogP) is 3.66. The van der Waals surface area contributed by atoms with Crippen molar-refractivity contribution in [2.45, 2.75) is 31.9 Å². The first-order valence-corrected chi connectivity index (χ1v) is 6.85. The van der Waals surface area contributed by atoms with E-state index in [1.165, 1.54) is 0 Å². The molecular weight excluding hydrogens is 261 g/mol. The Morgan fingerprint density at radius 1 is 1.39 bits per heavy atom. The maximum atomic E-state index is 12.0. The lowest BCUT2D eigenvalue weighted by Crippen LogP contribution is -2.21. The van der Waals surface area contributed by atoms with Crippen LogP contribution in [0.2, 0.25) is 0 Å². The topological polar surface area (TPSA) is 17.0 Å². The highest BCUT2D eigenvalue weighted by atomic mass is 32.2. The molecule has 0 aromatic carbocycles. The minimum absolute atomic E-state index is 0.0217. The third-order valence-corrected chi connectivity index (χ3v) is 3.44. The molecule has 1 heterocycles. The molecule has 1 unspecified atom stereocenters. The molecule has 0 saturated carbocycles. The Morgan fingerprint density at radius 2 is 2.06 bits per heavy atom. The van der Waals surface area contributed by atoms with Gasteiger partial charge in [-0.2, -0.15) is 13.2 Å². The van der Waals surface area contributed by atoms with Crippen LogP contribution in [0.5, 0.6) is 0 Å². The van der Waals surface area contributed by atoms with Gasteiger partial charge in [0.2, 0.25) is 0 Å². The van der Waals surface area contributed by atoms with Gasteiger partial charge in [0, 0.05) is 30.7 Å². The van der Waals surface area contributed by atoms with Crippen LogP contribution in [0.25, 0.3) is 0 Å². The predicted molar refractivity (Wildman–Crippen MR) is 69.6 cm³/mol. The lowest BCUT2D eigenvalue weighted by molar-refractivity contribution is -0.0328. The summed E-state index contributed by atoms with van der Waals surface area (Å²) in [4.78, 5) is 0. The van der Waals surface area contributed by atoms with Gasteiger partial charge in [0.25, 0.3) is 0 Å². The Bertz CT molecular complexity index is 360. The number of thioether (sulfide) groups is 1. The van der Waals surface area contributed by atoms with Crippen LogP contribution >= 0.6 is 11.8 Å². The van der Waals surface area contributed by atoms with Crippen molar-refractivity contribution in [2.24, 2.45) is 5.92 Å². The molecule has 0 aliphatic rings. The molecule has 0 bridgehead atoms. The monoisotopic (exact) mass is 280 g/mol. The van der Waals surface area contributed by atoms with E-state index >= 15 is 0 Å². The summed E-state index contributed by atoms with van der Waals surface area (Å²) in [7, 11) is 1.89. The lowest BCUT2D eigenvalue weighted by Gasteiger charge is -2.18. The first kappa shape index (κ1) is 15.4. The van der Waals surface area contributed by atoms with Gasteiger partial charge in [0.05, 0.1) is 0 Å². The normalized spacial score (nSPS) is 14.2. The average Bonchev–Trinajstić information content (AvgIpc) is 2.65. The second kappa shape index (κ2) is 6.52. The zero-order valence-electron chi connectivity index (χ0n) is 10.8. The fourth-order valence-corrected chi connectivity index (χ4v) is 2.47. The van der Waals surface area contributed by atoms with Crippen LogP contribution in [0.1, 0.15) is 25.5 Å². The van der Waals surface area contributed by atoms with Crippen molar-refractivity contribution in [2.75, 3.05) is 12.8 Å². The van der Waals surface area contributed by atoms with E-state index in [0.29, 0.717) is 12.5 Å². The molecule has 0 saturated heterocycles. The minimum Gasteiger partial charge on any atom is -0.353 e. The van der Waals surface area contributed by atoms with E-state index in [0.717, 1.165) is 5.56 Å². The number of alkyl halides is 3.